The van der Waals surface area contributed by atoms with Crippen LogP contribution >= 0.6 is 0 Å². The highest BCUT2D eigenvalue weighted by molar-refractivity contribution is 6.52. The molecular formula is C16H11F2NO2. The molecule has 0 saturated carbocycles. The number of fused-ring (bicyclic) bond motifs is 1. The van der Waals surface area contributed by atoms with Crippen LogP contribution in [0.15, 0.2) is 42.5 Å². The molecule has 2 aromatic rings. The van der Waals surface area contributed by atoms with Crippen molar-refractivity contribution >= 4 is 17.4 Å². The van der Waals surface area contributed by atoms with Gasteiger partial charge >= 0.3 is 0 Å². The number of rotatable bonds is 3. The number of carbonyl (C=O) groups is 2. The fourth-order valence-electron chi connectivity index (χ4n) is 2.44. The Morgan fingerprint density at radius 3 is 2.43 bits per heavy atom. The molecule has 5 heteroatoms. The molecule has 0 radical (unpaired) electrons. The van der Waals surface area contributed by atoms with E-state index in [2.05, 4.69) is 0 Å². The molecule has 1 aliphatic rings. The van der Waals surface area contributed by atoms with Crippen LogP contribution in [0, 0.1) is 11.6 Å². The Morgan fingerprint density at radius 1 is 1.00 bits per heavy atom. The number of carbonyl (C=O) groups excluding carboxylic acids is 2. The van der Waals surface area contributed by atoms with Crippen molar-refractivity contribution in [2.75, 3.05) is 11.4 Å². The van der Waals surface area contributed by atoms with E-state index in [-0.39, 0.29) is 17.8 Å². The third-order valence-electron chi connectivity index (χ3n) is 3.46. The van der Waals surface area contributed by atoms with E-state index in [0.717, 1.165) is 16.5 Å². The van der Waals surface area contributed by atoms with Crippen molar-refractivity contribution in [3.8, 4) is 0 Å². The van der Waals surface area contributed by atoms with Gasteiger partial charge in [-0.1, -0.05) is 30.3 Å². The average Bonchev–Trinajstić information content (AvgIpc) is 2.70. The fraction of sp³-hybridized carbons (Fsp3) is 0.125. The van der Waals surface area contributed by atoms with Crippen molar-refractivity contribution in [1.82, 2.24) is 0 Å². The van der Waals surface area contributed by atoms with Crippen LogP contribution in [0.1, 0.15) is 15.9 Å². The van der Waals surface area contributed by atoms with E-state index in [9.17, 15) is 18.4 Å². The number of benzene rings is 2. The largest absolute Gasteiger partial charge is 0.304 e. The number of halogens is 2. The molecule has 0 bridgehead atoms. The van der Waals surface area contributed by atoms with E-state index < -0.39 is 23.3 Å². The standard InChI is InChI=1S/C16H11F2NO2/c17-11-8-12(18)14-13(9-11)19(16(21)15(14)20)7-6-10-4-2-1-3-5-10/h1-5,8-9H,6-7H2. The summed E-state index contributed by atoms with van der Waals surface area (Å²) in [5.74, 6) is -3.54. The van der Waals surface area contributed by atoms with Gasteiger partial charge in [-0.2, -0.15) is 0 Å². The Labute approximate surface area is 119 Å². The molecule has 3 rings (SSSR count). The third-order valence-corrected chi connectivity index (χ3v) is 3.46. The number of amides is 1. The highest BCUT2D eigenvalue weighted by Gasteiger charge is 2.38. The Kier molecular flexibility index (Phi) is 3.25. The zero-order chi connectivity index (χ0) is 15.0. The first kappa shape index (κ1) is 13.4. The van der Waals surface area contributed by atoms with Crippen LogP contribution in [-0.4, -0.2) is 18.2 Å². The third kappa shape index (κ3) is 2.31. The molecule has 0 aliphatic carbocycles. The van der Waals surface area contributed by atoms with Gasteiger partial charge in [0, 0.05) is 12.6 Å². The van der Waals surface area contributed by atoms with Crippen molar-refractivity contribution in [3.05, 3.63) is 65.2 Å². The minimum Gasteiger partial charge on any atom is -0.304 e. The molecule has 2 aromatic carbocycles. The van der Waals surface area contributed by atoms with Crippen LogP contribution in [0.2, 0.25) is 0 Å². The molecular weight excluding hydrogens is 276 g/mol. The molecule has 3 nitrogen and oxygen atoms in total. The van der Waals surface area contributed by atoms with Crippen molar-refractivity contribution in [1.29, 1.82) is 0 Å². The normalized spacial score (nSPS) is 13.7. The van der Waals surface area contributed by atoms with Gasteiger partial charge < -0.3 is 4.90 Å². The smallest absolute Gasteiger partial charge is 0.299 e. The zero-order valence-corrected chi connectivity index (χ0v) is 11.0. The predicted molar refractivity (Wildman–Crippen MR) is 73.2 cm³/mol. The molecule has 0 unspecified atom stereocenters. The number of hydrogen-bond acceptors (Lipinski definition) is 2. The Bertz CT molecular complexity index is 729. The number of nitrogens with zero attached hydrogens (tertiary/aromatic N) is 1. The van der Waals surface area contributed by atoms with Crippen LogP contribution in [0.4, 0.5) is 14.5 Å². The van der Waals surface area contributed by atoms with E-state index in [1.807, 2.05) is 30.3 Å². The highest BCUT2D eigenvalue weighted by Crippen LogP contribution is 2.32. The topological polar surface area (TPSA) is 37.4 Å². The first-order chi connectivity index (χ1) is 10.1. The molecule has 0 fully saturated rings. The lowest BCUT2D eigenvalue weighted by atomic mass is 10.1. The number of hydrogen-bond donors (Lipinski definition) is 0. The summed E-state index contributed by atoms with van der Waals surface area (Å²) >= 11 is 0. The molecule has 0 aromatic heterocycles. The Morgan fingerprint density at radius 2 is 1.71 bits per heavy atom. The minimum atomic E-state index is -0.995. The van der Waals surface area contributed by atoms with Gasteiger partial charge in [0.15, 0.2) is 0 Å². The summed E-state index contributed by atoms with van der Waals surface area (Å²) in [6, 6.07) is 11.0. The van der Waals surface area contributed by atoms with Crippen molar-refractivity contribution in [2.45, 2.75) is 6.42 Å². The number of Topliss-reactive ketones (excluding diaryl/α,β-unsaturated/α-hetero) is 1. The zero-order valence-electron chi connectivity index (χ0n) is 11.0. The van der Waals surface area contributed by atoms with Crippen LogP contribution in [0.25, 0.3) is 0 Å². The van der Waals surface area contributed by atoms with E-state index in [1.54, 1.807) is 0 Å². The van der Waals surface area contributed by atoms with Crippen LogP contribution in [-0.2, 0) is 11.2 Å². The van der Waals surface area contributed by atoms with Gasteiger partial charge in [0.2, 0.25) is 0 Å². The van der Waals surface area contributed by atoms with Gasteiger partial charge in [-0.05, 0) is 18.1 Å². The van der Waals surface area contributed by atoms with Gasteiger partial charge in [-0.25, -0.2) is 8.78 Å². The van der Waals surface area contributed by atoms with Crippen LogP contribution in [0.5, 0.6) is 0 Å². The number of anilines is 1. The summed E-state index contributed by atoms with van der Waals surface area (Å²) in [6.07, 6.45) is 0.497. The maximum absolute atomic E-state index is 13.7. The van der Waals surface area contributed by atoms with Gasteiger partial charge in [-0.15, -0.1) is 0 Å². The van der Waals surface area contributed by atoms with Gasteiger partial charge in [0.05, 0.1) is 11.3 Å². The molecule has 0 spiro atoms. The van der Waals surface area contributed by atoms with E-state index in [4.69, 9.17) is 0 Å². The summed E-state index contributed by atoms with van der Waals surface area (Å²) in [7, 11) is 0. The maximum Gasteiger partial charge on any atom is 0.299 e. The molecule has 0 atom stereocenters. The van der Waals surface area contributed by atoms with Gasteiger partial charge in [0.1, 0.15) is 11.6 Å². The monoisotopic (exact) mass is 287 g/mol. The van der Waals surface area contributed by atoms with Crippen molar-refractivity contribution in [2.24, 2.45) is 0 Å². The first-order valence-electron chi connectivity index (χ1n) is 6.47. The second-order valence-electron chi connectivity index (χ2n) is 4.80. The van der Waals surface area contributed by atoms with E-state index in [1.165, 1.54) is 0 Å². The Balaban J connectivity index is 1.91. The summed E-state index contributed by atoms with van der Waals surface area (Å²) in [5, 5.41) is 0. The Hall–Kier alpha value is -2.56. The lowest BCUT2D eigenvalue weighted by Crippen LogP contribution is -2.31. The summed E-state index contributed by atoms with van der Waals surface area (Å²) in [4.78, 5) is 24.9. The lowest BCUT2D eigenvalue weighted by Gasteiger charge is -2.16. The molecule has 1 heterocycles. The molecule has 1 aliphatic heterocycles. The SMILES string of the molecule is O=C1C(=O)N(CCc2ccccc2)c2cc(F)cc(F)c21. The van der Waals surface area contributed by atoms with E-state index >= 15 is 0 Å². The van der Waals surface area contributed by atoms with Gasteiger partial charge in [0.25, 0.3) is 11.7 Å². The lowest BCUT2D eigenvalue weighted by molar-refractivity contribution is -0.114. The molecule has 106 valence electrons. The number of ketones is 1. The maximum atomic E-state index is 13.7. The summed E-state index contributed by atoms with van der Waals surface area (Å²) in [6.45, 7) is 0.199. The summed E-state index contributed by atoms with van der Waals surface area (Å²) in [5.41, 5.74) is 0.649. The quantitative estimate of drug-likeness (QED) is 0.814. The van der Waals surface area contributed by atoms with Crippen molar-refractivity contribution < 1.29 is 18.4 Å². The average molecular weight is 287 g/mol. The molecule has 1 amide bonds. The van der Waals surface area contributed by atoms with Crippen molar-refractivity contribution in [3.63, 3.8) is 0 Å². The van der Waals surface area contributed by atoms with Crippen LogP contribution < -0.4 is 4.90 Å². The van der Waals surface area contributed by atoms with E-state index in [0.29, 0.717) is 12.5 Å². The predicted octanol–water partition coefficient (Wildman–Crippen LogP) is 2.74. The molecule has 0 saturated heterocycles. The fourth-order valence-corrected chi connectivity index (χ4v) is 2.44. The summed E-state index contributed by atoms with van der Waals surface area (Å²) < 4.78 is 27.0. The van der Waals surface area contributed by atoms with Gasteiger partial charge in [-0.3, -0.25) is 9.59 Å². The second kappa shape index (κ2) is 5.09. The first-order valence-corrected chi connectivity index (χ1v) is 6.47. The molecule has 21 heavy (non-hydrogen) atoms. The molecule has 0 N–H and O–H groups in total. The highest BCUT2D eigenvalue weighted by atomic mass is 19.1. The second-order valence-corrected chi connectivity index (χ2v) is 4.80. The minimum absolute atomic E-state index is 0.0124. The van der Waals surface area contributed by atoms with Crippen LogP contribution in [0.3, 0.4) is 0 Å².